The lowest BCUT2D eigenvalue weighted by Gasteiger charge is -2.15. The summed E-state index contributed by atoms with van der Waals surface area (Å²) in [5.74, 6) is 0. The minimum Gasteiger partial charge on any atom is -0.315 e. The lowest BCUT2D eigenvalue weighted by atomic mass is 10.2. The Kier molecular flexibility index (Phi) is 3.54. The third-order valence-corrected chi connectivity index (χ3v) is 3.27. The first-order valence-corrected chi connectivity index (χ1v) is 5.05. The molecule has 2 N–H and O–H groups in total. The average Bonchev–Trinajstić information content (AvgIpc) is 2.07. The van der Waals surface area contributed by atoms with E-state index in [0.717, 1.165) is 0 Å². The van der Waals surface area contributed by atoms with Gasteiger partial charge in [-0.05, 0) is 44.0 Å². The van der Waals surface area contributed by atoms with Gasteiger partial charge in [-0.3, -0.25) is 0 Å². The lowest BCUT2D eigenvalue weighted by Crippen LogP contribution is -2.29. The van der Waals surface area contributed by atoms with Crippen LogP contribution in [0.25, 0.3) is 0 Å². The van der Waals surface area contributed by atoms with Gasteiger partial charge in [-0.25, -0.2) is 4.98 Å². The molecule has 1 aromatic heterocycles. The number of nitrogens with zero attached hydrogens (tertiary/aromatic N) is 1. The van der Waals surface area contributed by atoms with Gasteiger partial charge in [0.15, 0.2) is 0 Å². The van der Waals surface area contributed by atoms with Crippen LogP contribution in [-0.4, -0.2) is 11.2 Å². The topological polar surface area (TPSA) is 38.9 Å². The molecule has 0 bridgehead atoms. The van der Waals surface area contributed by atoms with Crippen LogP contribution in [-0.2, 0) is 0 Å². The van der Waals surface area contributed by atoms with Crippen LogP contribution < -0.4 is 5.73 Å². The molecule has 0 saturated carbocycles. The molecule has 0 radical (unpaired) electrons. The van der Waals surface area contributed by atoms with E-state index in [1.165, 1.54) is 12.1 Å². The fraction of sp³-hybridized carbons (Fsp3) is 0.286. The molecule has 0 aromatic carbocycles. The van der Waals surface area contributed by atoms with Crippen molar-refractivity contribution in [3.63, 3.8) is 0 Å². The smallest absolute Gasteiger partial charge is 0.315 e. The van der Waals surface area contributed by atoms with Gasteiger partial charge in [0, 0.05) is 0 Å². The Balaban J connectivity index is 3.03. The van der Waals surface area contributed by atoms with Crippen molar-refractivity contribution in [3.8, 4) is 0 Å². The van der Waals surface area contributed by atoms with Crippen molar-refractivity contribution in [3.05, 3.63) is 26.9 Å². The monoisotopic (exact) mass is 332 g/mol. The van der Waals surface area contributed by atoms with Gasteiger partial charge >= 0.3 is 6.18 Å². The molecular weight excluding hydrogens is 329 g/mol. The van der Waals surface area contributed by atoms with Gasteiger partial charge in [-0.15, -0.1) is 0 Å². The summed E-state index contributed by atoms with van der Waals surface area (Å²) >= 11 is 6.10. The van der Waals surface area contributed by atoms with Crippen molar-refractivity contribution in [2.45, 2.75) is 12.2 Å². The van der Waals surface area contributed by atoms with Gasteiger partial charge in [0.1, 0.15) is 10.6 Å². The van der Waals surface area contributed by atoms with Crippen molar-refractivity contribution in [2.24, 2.45) is 5.73 Å². The first-order chi connectivity index (χ1) is 6.32. The van der Waals surface area contributed by atoms with E-state index in [4.69, 9.17) is 5.73 Å². The first kappa shape index (κ1) is 11.9. The highest BCUT2D eigenvalue weighted by Crippen LogP contribution is 2.31. The highest BCUT2D eigenvalue weighted by Gasteiger charge is 2.38. The molecule has 1 atom stereocenters. The van der Waals surface area contributed by atoms with E-state index in [0.29, 0.717) is 9.08 Å². The predicted molar refractivity (Wildman–Crippen MR) is 52.6 cm³/mol. The van der Waals surface area contributed by atoms with E-state index in [2.05, 4.69) is 36.8 Å². The molecule has 14 heavy (non-hydrogen) atoms. The van der Waals surface area contributed by atoms with E-state index in [1.54, 1.807) is 0 Å². The maximum atomic E-state index is 12.2. The van der Waals surface area contributed by atoms with E-state index in [-0.39, 0.29) is 5.69 Å². The Morgan fingerprint density at radius 3 is 2.29 bits per heavy atom. The molecule has 0 saturated heterocycles. The maximum absolute atomic E-state index is 12.2. The van der Waals surface area contributed by atoms with Crippen LogP contribution in [0.3, 0.4) is 0 Å². The zero-order valence-corrected chi connectivity index (χ0v) is 9.82. The normalized spacial score (nSPS) is 14.1. The van der Waals surface area contributed by atoms with Gasteiger partial charge in [-0.2, -0.15) is 13.2 Å². The summed E-state index contributed by atoms with van der Waals surface area (Å²) in [5, 5.41) is 0. The van der Waals surface area contributed by atoms with Crippen LogP contribution in [0.1, 0.15) is 11.7 Å². The summed E-state index contributed by atoms with van der Waals surface area (Å²) in [7, 11) is 0. The summed E-state index contributed by atoms with van der Waals surface area (Å²) in [6.07, 6.45) is -4.47. The van der Waals surface area contributed by atoms with Crippen molar-refractivity contribution in [1.82, 2.24) is 4.98 Å². The molecule has 2 nitrogen and oxygen atoms in total. The summed E-state index contributed by atoms with van der Waals surface area (Å²) < 4.78 is 37.4. The SMILES string of the molecule is NC(c1ccc(Br)c(Br)n1)C(F)(F)F. The third kappa shape index (κ3) is 2.68. The van der Waals surface area contributed by atoms with Crippen LogP contribution >= 0.6 is 31.9 Å². The molecule has 1 unspecified atom stereocenters. The van der Waals surface area contributed by atoms with E-state index >= 15 is 0 Å². The van der Waals surface area contributed by atoms with Crippen molar-refractivity contribution >= 4 is 31.9 Å². The molecule has 7 heteroatoms. The van der Waals surface area contributed by atoms with Gasteiger partial charge < -0.3 is 5.73 Å². The summed E-state index contributed by atoms with van der Waals surface area (Å²) in [4.78, 5) is 3.66. The molecule has 1 rings (SSSR count). The third-order valence-electron chi connectivity index (χ3n) is 1.50. The molecule has 78 valence electrons. The summed E-state index contributed by atoms with van der Waals surface area (Å²) in [6.45, 7) is 0. The Morgan fingerprint density at radius 1 is 1.29 bits per heavy atom. The molecule has 0 fully saturated rings. The largest absolute Gasteiger partial charge is 0.409 e. The average molecular weight is 334 g/mol. The highest BCUT2D eigenvalue weighted by molar-refractivity contribution is 9.13. The van der Waals surface area contributed by atoms with Gasteiger partial charge in [0.2, 0.25) is 0 Å². The van der Waals surface area contributed by atoms with Gasteiger partial charge in [0.25, 0.3) is 0 Å². The second-order valence-corrected chi connectivity index (χ2v) is 4.13. The minimum absolute atomic E-state index is 0.215. The van der Waals surface area contributed by atoms with Crippen molar-refractivity contribution < 1.29 is 13.2 Å². The fourth-order valence-corrected chi connectivity index (χ4v) is 1.33. The predicted octanol–water partition coefficient (Wildman–Crippen LogP) is 3.17. The Morgan fingerprint density at radius 2 is 1.86 bits per heavy atom. The molecule has 0 aliphatic carbocycles. The Labute approximate surface area is 95.0 Å². The second kappa shape index (κ2) is 4.16. The van der Waals surface area contributed by atoms with Crippen LogP contribution in [0.4, 0.5) is 13.2 Å². The Hall–Kier alpha value is -0.140. The molecule has 0 aliphatic heterocycles. The van der Waals surface area contributed by atoms with Gasteiger partial charge in [-0.1, -0.05) is 0 Å². The molecule has 0 spiro atoms. The molecular formula is C7H5Br2F3N2. The Bertz CT molecular complexity index is 340. The van der Waals surface area contributed by atoms with E-state index in [1.807, 2.05) is 0 Å². The fourth-order valence-electron chi connectivity index (χ4n) is 0.772. The van der Waals surface area contributed by atoms with Crippen LogP contribution in [0.15, 0.2) is 21.2 Å². The first-order valence-electron chi connectivity index (χ1n) is 3.46. The number of hydrogen-bond donors (Lipinski definition) is 1. The second-order valence-electron chi connectivity index (χ2n) is 2.53. The highest BCUT2D eigenvalue weighted by atomic mass is 79.9. The summed E-state index contributed by atoms with van der Waals surface area (Å²) in [6, 6.07) is 0.636. The number of pyridine rings is 1. The zero-order chi connectivity index (χ0) is 10.9. The minimum atomic E-state index is -4.47. The number of halogens is 5. The maximum Gasteiger partial charge on any atom is 0.409 e. The van der Waals surface area contributed by atoms with Crippen molar-refractivity contribution in [1.29, 1.82) is 0 Å². The van der Waals surface area contributed by atoms with Crippen LogP contribution in [0, 0.1) is 0 Å². The molecule has 1 heterocycles. The zero-order valence-electron chi connectivity index (χ0n) is 6.65. The number of hydrogen-bond acceptors (Lipinski definition) is 2. The number of rotatable bonds is 1. The number of aromatic nitrogens is 1. The van der Waals surface area contributed by atoms with Crippen LogP contribution in [0.2, 0.25) is 0 Å². The van der Waals surface area contributed by atoms with E-state index < -0.39 is 12.2 Å². The van der Waals surface area contributed by atoms with Gasteiger partial charge in [0.05, 0.1) is 10.2 Å². The van der Waals surface area contributed by atoms with Crippen LogP contribution in [0.5, 0.6) is 0 Å². The lowest BCUT2D eigenvalue weighted by molar-refractivity contribution is -0.150. The number of alkyl halides is 3. The van der Waals surface area contributed by atoms with E-state index in [9.17, 15) is 13.2 Å². The molecule has 1 aromatic rings. The quantitative estimate of drug-likeness (QED) is 0.802. The molecule has 0 amide bonds. The van der Waals surface area contributed by atoms with Crippen molar-refractivity contribution in [2.75, 3.05) is 0 Å². The molecule has 0 aliphatic rings. The number of nitrogens with two attached hydrogens (primary N) is 1. The standard InChI is InChI=1S/C7H5Br2F3N2/c8-3-1-2-4(14-6(3)9)5(13)7(10,11)12/h1-2,5H,13H2. The summed E-state index contributed by atoms with van der Waals surface area (Å²) in [5.41, 5.74) is 4.75.